The van der Waals surface area contributed by atoms with Crippen LogP contribution >= 0.6 is 0 Å². The van der Waals surface area contributed by atoms with Gasteiger partial charge < -0.3 is 20.3 Å². The highest BCUT2D eigenvalue weighted by Crippen LogP contribution is 2.45. The van der Waals surface area contributed by atoms with E-state index < -0.39 is 17.9 Å². The Morgan fingerprint density at radius 3 is 2.39 bits per heavy atom. The molecule has 1 aromatic heterocycles. The van der Waals surface area contributed by atoms with Crippen LogP contribution in [0.4, 0.5) is 5.69 Å². The highest BCUT2D eigenvalue weighted by Gasteiger charge is 2.43. The normalized spacial score (nSPS) is 15.5. The van der Waals surface area contributed by atoms with E-state index in [4.69, 9.17) is 15.2 Å². The topological polar surface area (TPSA) is 155 Å². The summed E-state index contributed by atoms with van der Waals surface area (Å²) in [5, 5.41) is 26.6. The van der Waals surface area contributed by atoms with Crippen molar-refractivity contribution >= 4 is 17.6 Å². The number of esters is 2. The number of aliphatic hydroxyl groups excluding tert-OH is 1. The lowest BCUT2D eigenvalue weighted by molar-refractivity contribution is -0.139. The average Bonchev–Trinajstić information content (AvgIpc) is 3.41. The van der Waals surface area contributed by atoms with Gasteiger partial charge in [0, 0.05) is 5.56 Å². The zero-order chi connectivity index (χ0) is 25.8. The molecule has 0 bridgehead atoms. The summed E-state index contributed by atoms with van der Waals surface area (Å²) in [6.45, 7) is -0.252. The molecular weight excluding hydrogens is 462 g/mol. The summed E-state index contributed by atoms with van der Waals surface area (Å²) in [4.78, 5) is 27.8. The summed E-state index contributed by atoms with van der Waals surface area (Å²) in [5.74, 6) is -2.67. The van der Waals surface area contributed by atoms with Crippen molar-refractivity contribution in [3.05, 3.63) is 94.6 Å². The lowest BCUT2D eigenvalue weighted by Crippen LogP contribution is -2.41. The lowest BCUT2D eigenvalue weighted by atomic mass is 9.80. The fourth-order valence-electron chi connectivity index (χ4n) is 4.23. The molecule has 0 aliphatic carbocycles. The fourth-order valence-corrected chi connectivity index (χ4v) is 4.23. The van der Waals surface area contributed by atoms with Crippen LogP contribution in [0.5, 0.6) is 0 Å². The third kappa shape index (κ3) is 4.08. The number of aromatic amines is 1. The predicted octanol–water partition coefficient (Wildman–Crippen LogP) is 2.47. The SMILES string of the molecule is COC(=O)C1=C(C(=O)OC)N(c2ccccc2-c2cc(CO)[nH]n2)C(N)=C(C#N)C1c1ccccc1. The van der Waals surface area contributed by atoms with Gasteiger partial charge in [0.15, 0.2) is 0 Å². The zero-order valence-electron chi connectivity index (χ0n) is 19.6. The largest absolute Gasteiger partial charge is 0.466 e. The minimum absolute atomic E-state index is 0.0511. The molecule has 3 aromatic rings. The van der Waals surface area contributed by atoms with Gasteiger partial charge >= 0.3 is 11.9 Å². The van der Waals surface area contributed by atoms with Gasteiger partial charge in [-0.25, -0.2) is 9.59 Å². The molecule has 0 radical (unpaired) electrons. The third-order valence-electron chi connectivity index (χ3n) is 5.83. The highest BCUT2D eigenvalue weighted by molar-refractivity contribution is 6.07. The Morgan fingerprint density at radius 1 is 1.11 bits per heavy atom. The number of methoxy groups -OCH3 is 2. The van der Waals surface area contributed by atoms with Crippen LogP contribution in [0.25, 0.3) is 11.3 Å². The Kier molecular flexibility index (Phi) is 6.85. The number of anilines is 1. The number of H-pyrrole nitrogens is 1. The van der Waals surface area contributed by atoms with Crippen LogP contribution in [0.1, 0.15) is 17.2 Å². The van der Waals surface area contributed by atoms with Gasteiger partial charge in [-0.1, -0.05) is 48.5 Å². The number of nitriles is 1. The number of hydrogen-bond donors (Lipinski definition) is 3. The van der Waals surface area contributed by atoms with Crippen LogP contribution in [-0.4, -0.2) is 41.5 Å². The smallest absolute Gasteiger partial charge is 0.355 e. The number of carbonyl (C=O) groups excluding carboxylic acids is 2. The van der Waals surface area contributed by atoms with Gasteiger partial charge in [-0.3, -0.25) is 10.00 Å². The molecule has 36 heavy (non-hydrogen) atoms. The molecule has 0 amide bonds. The first-order valence-electron chi connectivity index (χ1n) is 10.9. The fraction of sp³-hybridized carbons (Fsp3) is 0.154. The van der Waals surface area contributed by atoms with Gasteiger partial charge in [-0.15, -0.1) is 0 Å². The van der Waals surface area contributed by atoms with Crippen LogP contribution in [-0.2, 0) is 25.7 Å². The molecule has 0 saturated heterocycles. The molecule has 10 heteroatoms. The van der Waals surface area contributed by atoms with Gasteiger partial charge in [0.2, 0.25) is 0 Å². The number of aliphatic hydroxyl groups is 1. The Bertz CT molecular complexity index is 1420. The number of hydrogen-bond acceptors (Lipinski definition) is 9. The van der Waals surface area contributed by atoms with E-state index in [-0.39, 0.29) is 29.3 Å². The van der Waals surface area contributed by atoms with Crippen molar-refractivity contribution in [1.82, 2.24) is 10.2 Å². The molecule has 10 nitrogen and oxygen atoms in total. The maximum absolute atomic E-state index is 13.3. The molecule has 4 rings (SSSR count). The lowest BCUT2D eigenvalue weighted by Gasteiger charge is -2.36. The first kappa shape index (κ1) is 24.3. The molecular formula is C26H23N5O5. The van der Waals surface area contributed by atoms with E-state index in [1.165, 1.54) is 19.1 Å². The van der Waals surface area contributed by atoms with Crippen molar-refractivity contribution in [2.24, 2.45) is 5.73 Å². The number of aromatic nitrogens is 2. The second kappa shape index (κ2) is 10.2. The molecule has 0 spiro atoms. The van der Waals surface area contributed by atoms with E-state index >= 15 is 0 Å². The molecule has 2 heterocycles. The van der Waals surface area contributed by atoms with Gasteiger partial charge in [0.1, 0.15) is 11.5 Å². The quantitative estimate of drug-likeness (QED) is 0.447. The van der Waals surface area contributed by atoms with E-state index in [1.807, 2.05) is 0 Å². The highest BCUT2D eigenvalue weighted by atomic mass is 16.5. The predicted molar refractivity (Wildman–Crippen MR) is 129 cm³/mol. The van der Waals surface area contributed by atoms with Crippen LogP contribution in [0.2, 0.25) is 0 Å². The van der Waals surface area contributed by atoms with Crippen molar-refractivity contribution in [3.8, 4) is 17.3 Å². The first-order valence-corrected chi connectivity index (χ1v) is 10.9. The molecule has 0 fully saturated rings. The number of carbonyl (C=O) groups is 2. The molecule has 2 aromatic carbocycles. The van der Waals surface area contributed by atoms with Crippen LogP contribution in [0, 0.1) is 11.3 Å². The summed E-state index contributed by atoms with van der Waals surface area (Å²) >= 11 is 0. The van der Waals surface area contributed by atoms with Crippen molar-refractivity contribution in [1.29, 1.82) is 5.26 Å². The molecule has 182 valence electrons. The number of nitrogens with one attached hydrogen (secondary N) is 1. The summed E-state index contributed by atoms with van der Waals surface area (Å²) in [7, 11) is 2.38. The van der Waals surface area contributed by atoms with Crippen molar-refractivity contribution in [2.45, 2.75) is 12.5 Å². The number of ether oxygens (including phenoxy) is 2. The number of allylic oxidation sites excluding steroid dienone is 1. The van der Waals surface area contributed by atoms with E-state index in [2.05, 4.69) is 16.3 Å². The third-order valence-corrected chi connectivity index (χ3v) is 5.83. The van der Waals surface area contributed by atoms with Crippen LogP contribution in [0.15, 0.2) is 83.3 Å². The molecule has 1 unspecified atom stereocenters. The summed E-state index contributed by atoms with van der Waals surface area (Å²) in [5.41, 5.74) is 8.76. The van der Waals surface area contributed by atoms with E-state index in [9.17, 15) is 20.0 Å². The van der Waals surface area contributed by atoms with Crippen LogP contribution < -0.4 is 10.6 Å². The zero-order valence-corrected chi connectivity index (χ0v) is 19.6. The van der Waals surface area contributed by atoms with Crippen LogP contribution in [0.3, 0.4) is 0 Å². The average molecular weight is 486 g/mol. The van der Waals surface area contributed by atoms with E-state index in [0.29, 0.717) is 28.2 Å². The summed E-state index contributed by atoms with van der Waals surface area (Å²) in [6.07, 6.45) is 0. The summed E-state index contributed by atoms with van der Waals surface area (Å²) in [6, 6.07) is 19.4. The van der Waals surface area contributed by atoms with E-state index in [0.717, 1.165) is 0 Å². The van der Waals surface area contributed by atoms with Crippen molar-refractivity contribution in [2.75, 3.05) is 19.1 Å². The standard InChI is InChI=1S/C26H23N5O5/c1-35-25(33)22-21(15-8-4-3-5-9-15)18(13-27)24(28)31(23(22)26(34)36-2)20-11-7-6-10-17(20)19-12-16(14-32)29-30-19/h3-12,21,32H,14,28H2,1-2H3,(H,29,30). The summed E-state index contributed by atoms with van der Waals surface area (Å²) < 4.78 is 10.1. The minimum atomic E-state index is -0.965. The van der Waals surface area contributed by atoms with Crippen molar-refractivity contribution < 1.29 is 24.2 Å². The van der Waals surface area contributed by atoms with Gasteiger partial charge in [-0.2, -0.15) is 10.4 Å². The Labute approximate surface area is 206 Å². The second-order valence-corrected chi connectivity index (χ2v) is 7.79. The Balaban J connectivity index is 2.07. The van der Waals surface area contributed by atoms with Gasteiger partial charge in [0.05, 0.1) is 61.0 Å². The first-order chi connectivity index (χ1) is 17.5. The molecule has 0 saturated carbocycles. The Hall–Kier alpha value is -4.88. The molecule has 1 aliphatic heterocycles. The second-order valence-electron chi connectivity index (χ2n) is 7.79. The monoisotopic (exact) mass is 485 g/mol. The number of rotatable bonds is 6. The Morgan fingerprint density at radius 2 is 1.78 bits per heavy atom. The number of benzene rings is 2. The van der Waals surface area contributed by atoms with E-state index in [1.54, 1.807) is 60.7 Å². The maximum atomic E-state index is 13.3. The molecule has 4 N–H and O–H groups in total. The maximum Gasteiger partial charge on any atom is 0.355 e. The van der Waals surface area contributed by atoms with Crippen molar-refractivity contribution in [3.63, 3.8) is 0 Å². The molecule has 1 aliphatic rings. The van der Waals surface area contributed by atoms with Gasteiger partial charge in [-0.05, 0) is 17.7 Å². The molecule has 1 atom stereocenters. The number of para-hydroxylation sites is 1. The number of nitrogens with two attached hydrogens (primary N) is 1. The number of nitrogens with zero attached hydrogens (tertiary/aromatic N) is 3. The van der Waals surface area contributed by atoms with Gasteiger partial charge in [0.25, 0.3) is 0 Å². The minimum Gasteiger partial charge on any atom is -0.466 e.